The fourth-order valence-electron chi connectivity index (χ4n) is 2.33. The second-order valence-electron chi connectivity index (χ2n) is 5.48. The fraction of sp³-hybridized carbons (Fsp3) is 0.533. The Balaban J connectivity index is 2.14. The van der Waals surface area contributed by atoms with Gasteiger partial charge in [0.1, 0.15) is 11.9 Å². The van der Waals surface area contributed by atoms with Crippen molar-refractivity contribution in [3.05, 3.63) is 29.6 Å². The van der Waals surface area contributed by atoms with Gasteiger partial charge >= 0.3 is 0 Å². The molecule has 0 aliphatic carbocycles. The lowest BCUT2D eigenvalue weighted by Gasteiger charge is -2.35. The Labute approximate surface area is 119 Å². The lowest BCUT2D eigenvalue weighted by molar-refractivity contribution is -0.122. The van der Waals surface area contributed by atoms with E-state index in [9.17, 15) is 9.18 Å². The summed E-state index contributed by atoms with van der Waals surface area (Å²) in [6, 6.07) is 5.25. The van der Waals surface area contributed by atoms with Crippen LogP contribution in [-0.2, 0) is 11.3 Å². The van der Waals surface area contributed by atoms with Crippen LogP contribution in [0, 0.1) is 5.82 Å². The molecular formula is C15H22FN3O. The summed E-state index contributed by atoms with van der Waals surface area (Å²) in [7, 11) is 0. The predicted molar refractivity (Wildman–Crippen MR) is 78.2 cm³/mol. The molecule has 1 fully saturated rings. The lowest BCUT2D eigenvalue weighted by Crippen LogP contribution is -2.54. The summed E-state index contributed by atoms with van der Waals surface area (Å²) in [6.07, 6.45) is 0. The summed E-state index contributed by atoms with van der Waals surface area (Å²) < 4.78 is 14.3. The Morgan fingerprint density at radius 3 is 2.90 bits per heavy atom. The van der Waals surface area contributed by atoms with Crippen molar-refractivity contribution in [2.24, 2.45) is 0 Å². The third-order valence-corrected chi connectivity index (χ3v) is 3.53. The van der Waals surface area contributed by atoms with Crippen LogP contribution in [0.3, 0.4) is 0 Å². The van der Waals surface area contributed by atoms with Gasteiger partial charge < -0.3 is 15.5 Å². The number of carbonyl (C=O) groups excluding carboxylic acids is 1. The van der Waals surface area contributed by atoms with Crippen molar-refractivity contribution in [1.29, 1.82) is 0 Å². The molecule has 2 N–H and O–H groups in total. The quantitative estimate of drug-likeness (QED) is 0.881. The number of amides is 1. The van der Waals surface area contributed by atoms with Crippen molar-refractivity contribution >= 4 is 11.6 Å². The van der Waals surface area contributed by atoms with E-state index >= 15 is 0 Å². The van der Waals surface area contributed by atoms with Gasteiger partial charge in [-0.3, -0.25) is 4.79 Å². The summed E-state index contributed by atoms with van der Waals surface area (Å²) in [6.45, 7) is 7.73. The molecule has 5 heteroatoms. The third kappa shape index (κ3) is 3.28. The van der Waals surface area contributed by atoms with E-state index in [2.05, 4.69) is 24.5 Å². The molecule has 0 saturated carbocycles. The number of piperazine rings is 1. The summed E-state index contributed by atoms with van der Waals surface area (Å²) in [5.74, 6) is -0.323. The normalized spacial score (nSPS) is 19.4. The number of carbonyl (C=O) groups is 1. The first kappa shape index (κ1) is 14.8. The second kappa shape index (κ2) is 6.22. The maximum absolute atomic E-state index is 14.3. The molecule has 1 aromatic carbocycles. The molecule has 1 atom stereocenters. The van der Waals surface area contributed by atoms with E-state index in [-0.39, 0.29) is 17.8 Å². The zero-order valence-electron chi connectivity index (χ0n) is 12.2. The molecule has 1 saturated heterocycles. The number of anilines is 1. The van der Waals surface area contributed by atoms with E-state index < -0.39 is 0 Å². The summed E-state index contributed by atoms with van der Waals surface area (Å²) in [5, 5.41) is 6.04. The van der Waals surface area contributed by atoms with Gasteiger partial charge in [-0.15, -0.1) is 0 Å². The standard InChI is InChI=1S/C15H22FN3O/c1-10(2)18-9-12-4-5-14(13(16)8-12)19-7-6-17-15(20)11(19)3/h4-5,8,10-11,18H,6-7,9H2,1-3H3,(H,17,20). The van der Waals surface area contributed by atoms with Gasteiger partial charge in [-0.25, -0.2) is 4.39 Å². The SMILES string of the molecule is CC(C)NCc1ccc(N2CCNC(=O)C2C)c(F)c1. The van der Waals surface area contributed by atoms with E-state index in [1.54, 1.807) is 19.1 Å². The molecule has 0 radical (unpaired) electrons. The molecule has 0 aromatic heterocycles. The average Bonchev–Trinajstić information content (AvgIpc) is 2.40. The van der Waals surface area contributed by atoms with Gasteiger partial charge in [0, 0.05) is 25.7 Å². The molecule has 0 spiro atoms. The van der Waals surface area contributed by atoms with Crippen LogP contribution in [0.1, 0.15) is 26.3 Å². The van der Waals surface area contributed by atoms with Gasteiger partial charge in [0.25, 0.3) is 0 Å². The molecule has 4 nitrogen and oxygen atoms in total. The number of halogens is 1. The van der Waals surface area contributed by atoms with Gasteiger partial charge in [-0.05, 0) is 24.6 Å². The van der Waals surface area contributed by atoms with E-state index in [0.717, 1.165) is 5.56 Å². The van der Waals surface area contributed by atoms with Gasteiger partial charge in [0.05, 0.1) is 5.69 Å². The van der Waals surface area contributed by atoms with Crippen LogP contribution in [0.25, 0.3) is 0 Å². The van der Waals surface area contributed by atoms with Crippen LogP contribution < -0.4 is 15.5 Å². The van der Waals surface area contributed by atoms with Crippen LogP contribution in [-0.4, -0.2) is 31.1 Å². The molecule has 1 aliphatic rings. The Morgan fingerprint density at radius 2 is 2.25 bits per heavy atom. The minimum Gasteiger partial charge on any atom is -0.356 e. The highest BCUT2D eigenvalue weighted by molar-refractivity contribution is 5.86. The lowest BCUT2D eigenvalue weighted by atomic mass is 10.1. The van der Waals surface area contributed by atoms with E-state index in [4.69, 9.17) is 0 Å². The van der Waals surface area contributed by atoms with Crippen molar-refractivity contribution < 1.29 is 9.18 Å². The van der Waals surface area contributed by atoms with Crippen molar-refractivity contribution in [1.82, 2.24) is 10.6 Å². The maximum Gasteiger partial charge on any atom is 0.242 e. The minimum absolute atomic E-state index is 0.0544. The second-order valence-corrected chi connectivity index (χ2v) is 5.48. The van der Waals surface area contributed by atoms with Crippen LogP contribution >= 0.6 is 0 Å². The summed E-state index contributed by atoms with van der Waals surface area (Å²) in [5.41, 5.74) is 1.41. The molecule has 1 unspecified atom stereocenters. The molecule has 110 valence electrons. The first-order valence-electron chi connectivity index (χ1n) is 7.05. The molecule has 1 aliphatic heterocycles. The van der Waals surface area contributed by atoms with Gasteiger partial charge in [-0.2, -0.15) is 0 Å². The van der Waals surface area contributed by atoms with Gasteiger partial charge in [0.2, 0.25) is 5.91 Å². The number of nitrogens with one attached hydrogen (secondary N) is 2. The van der Waals surface area contributed by atoms with Crippen molar-refractivity contribution in [3.63, 3.8) is 0 Å². The third-order valence-electron chi connectivity index (χ3n) is 3.53. The first-order chi connectivity index (χ1) is 9.49. The van der Waals surface area contributed by atoms with Crippen molar-refractivity contribution in [2.75, 3.05) is 18.0 Å². The summed E-state index contributed by atoms with van der Waals surface area (Å²) >= 11 is 0. The monoisotopic (exact) mass is 279 g/mol. The smallest absolute Gasteiger partial charge is 0.242 e. The molecule has 1 heterocycles. The highest BCUT2D eigenvalue weighted by atomic mass is 19.1. The Morgan fingerprint density at radius 1 is 1.50 bits per heavy atom. The Hall–Kier alpha value is -1.62. The predicted octanol–water partition coefficient (Wildman–Crippen LogP) is 1.65. The fourth-order valence-corrected chi connectivity index (χ4v) is 2.33. The molecular weight excluding hydrogens is 257 g/mol. The summed E-state index contributed by atoms with van der Waals surface area (Å²) in [4.78, 5) is 13.5. The van der Waals surface area contributed by atoms with Gasteiger partial charge in [-0.1, -0.05) is 19.9 Å². The maximum atomic E-state index is 14.3. The average molecular weight is 279 g/mol. The first-order valence-corrected chi connectivity index (χ1v) is 7.05. The molecule has 0 bridgehead atoms. The van der Waals surface area contributed by atoms with E-state index in [1.165, 1.54) is 0 Å². The zero-order chi connectivity index (χ0) is 14.7. The molecule has 2 rings (SSSR count). The number of hydrogen-bond acceptors (Lipinski definition) is 3. The largest absolute Gasteiger partial charge is 0.356 e. The highest BCUT2D eigenvalue weighted by Gasteiger charge is 2.27. The topological polar surface area (TPSA) is 44.4 Å². The number of nitrogens with zero attached hydrogens (tertiary/aromatic N) is 1. The Kier molecular flexibility index (Phi) is 4.60. The van der Waals surface area contributed by atoms with Crippen molar-refractivity contribution in [2.45, 2.75) is 39.4 Å². The molecule has 1 aromatic rings. The number of rotatable bonds is 4. The molecule has 20 heavy (non-hydrogen) atoms. The molecule has 1 amide bonds. The van der Waals surface area contributed by atoms with Gasteiger partial charge in [0.15, 0.2) is 0 Å². The number of benzene rings is 1. The highest BCUT2D eigenvalue weighted by Crippen LogP contribution is 2.23. The zero-order valence-corrected chi connectivity index (χ0v) is 12.2. The Bertz CT molecular complexity index is 490. The van der Waals surface area contributed by atoms with E-state index in [0.29, 0.717) is 31.4 Å². The van der Waals surface area contributed by atoms with Crippen LogP contribution in [0.2, 0.25) is 0 Å². The van der Waals surface area contributed by atoms with Crippen LogP contribution in [0.4, 0.5) is 10.1 Å². The van der Waals surface area contributed by atoms with Crippen molar-refractivity contribution in [3.8, 4) is 0 Å². The van der Waals surface area contributed by atoms with Crippen LogP contribution in [0.5, 0.6) is 0 Å². The minimum atomic E-state index is -0.335. The van der Waals surface area contributed by atoms with Crippen LogP contribution in [0.15, 0.2) is 18.2 Å². The number of hydrogen-bond donors (Lipinski definition) is 2. The van der Waals surface area contributed by atoms with E-state index in [1.807, 2.05) is 11.0 Å².